The Kier molecular flexibility index (Phi) is 4.72. The lowest BCUT2D eigenvalue weighted by molar-refractivity contribution is 0.0600. The zero-order chi connectivity index (χ0) is 13.0. The number of thiocarbonyl (C=S) groups is 1. The lowest BCUT2D eigenvalue weighted by Crippen LogP contribution is -2.25. The van der Waals surface area contributed by atoms with Crippen LogP contribution in [-0.4, -0.2) is 37.2 Å². The number of carbonyl (C=O) groups excluding carboxylic acids is 1. The molecule has 0 aliphatic heterocycles. The minimum Gasteiger partial charge on any atom is -0.465 e. The fourth-order valence-corrected chi connectivity index (χ4v) is 1.32. The molecule has 92 valence electrons. The van der Waals surface area contributed by atoms with E-state index < -0.39 is 5.97 Å². The number of methoxy groups -OCH3 is 1. The Balaban J connectivity index is 2.97. The Morgan fingerprint density at radius 1 is 1.41 bits per heavy atom. The highest BCUT2D eigenvalue weighted by atomic mass is 35.5. The Bertz CT molecular complexity index is 448. The molecule has 1 aromatic carbocycles. The third kappa shape index (κ3) is 3.57. The summed E-state index contributed by atoms with van der Waals surface area (Å²) in [7, 11) is 4.82. The molecule has 0 atom stereocenters. The highest BCUT2D eigenvalue weighted by Gasteiger charge is 2.13. The third-order valence-corrected chi connectivity index (χ3v) is 2.69. The topological polar surface area (TPSA) is 38.8 Å². The molecule has 1 rings (SSSR count). The molecule has 6 heteroatoms. The summed E-state index contributed by atoms with van der Waals surface area (Å²) in [6, 6.07) is 4.68. The second-order valence-electron chi connectivity index (χ2n) is 3.40. The summed E-state index contributed by atoms with van der Waals surface area (Å²) in [5.74, 6) is -0.0790. The van der Waals surface area contributed by atoms with Gasteiger partial charge < -0.3 is 14.4 Å². The van der Waals surface area contributed by atoms with Gasteiger partial charge in [-0.15, -0.1) is 0 Å². The van der Waals surface area contributed by atoms with E-state index in [9.17, 15) is 4.79 Å². The van der Waals surface area contributed by atoms with Crippen molar-refractivity contribution in [3.63, 3.8) is 0 Å². The van der Waals surface area contributed by atoms with E-state index in [1.807, 2.05) is 0 Å². The third-order valence-electron chi connectivity index (χ3n) is 1.91. The van der Waals surface area contributed by atoms with Crippen molar-refractivity contribution in [3.05, 3.63) is 28.8 Å². The van der Waals surface area contributed by atoms with E-state index in [0.29, 0.717) is 15.9 Å². The molecule has 0 N–H and O–H groups in total. The van der Waals surface area contributed by atoms with Gasteiger partial charge in [-0.25, -0.2) is 4.79 Å². The number of nitrogens with zero attached hydrogens (tertiary/aromatic N) is 1. The minimum absolute atomic E-state index is 0.244. The van der Waals surface area contributed by atoms with Gasteiger partial charge in [0.25, 0.3) is 5.17 Å². The SMILES string of the molecule is COC(=O)c1cc(OC(=S)N(C)C)ccc1Cl. The number of carbonyl (C=O) groups is 1. The average molecular weight is 274 g/mol. The first-order valence-electron chi connectivity index (χ1n) is 4.72. The summed E-state index contributed by atoms with van der Waals surface area (Å²) < 4.78 is 9.96. The van der Waals surface area contributed by atoms with Crippen molar-refractivity contribution in [2.45, 2.75) is 0 Å². The first kappa shape index (κ1) is 13.7. The van der Waals surface area contributed by atoms with Gasteiger partial charge in [0.15, 0.2) is 0 Å². The number of ether oxygens (including phenoxy) is 2. The smallest absolute Gasteiger partial charge is 0.339 e. The Morgan fingerprint density at radius 3 is 2.59 bits per heavy atom. The van der Waals surface area contributed by atoms with Crippen LogP contribution in [0.1, 0.15) is 10.4 Å². The number of esters is 1. The van der Waals surface area contributed by atoms with Gasteiger partial charge in [-0.05, 0) is 30.4 Å². The van der Waals surface area contributed by atoms with Gasteiger partial charge in [-0.3, -0.25) is 0 Å². The predicted octanol–water partition coefficient (Wildman–Crippen LogP) is 2.35. The zero-order valence-electron chi connectivity index (χ0n) is 9.69. The lowest BCUT2D eigenvalue weighted by atomic mass is 10.2. The molecule has 17 heavy (non-hydrogen) atoms. The van der Waals surface area contributed by atoms with Gasteiger partial charge in [-0.2, -0.15) is 0 Å². The first-order valence-corrected chi connectivity index (χ1v) is 5.51. The molecule has 0 unspecified atom stereocenters. The minimum atomic E-state index is -0.517. The fraction of sp³-hybridized carbons (Fsp3) is 0.273. The molecule has 0 heterocycles. The fourth-order valence-electron chi connectivity index (χ4n) is 1.03. The highest BCUT2D eigenvalue weighted by molar-refractivity contribution is 7.80. The van der Waals surface area contributed by atoms with E-state index in [4.69, 9.17) is 28.6 Å². The summed E-state index contributed by atoms with van der Waals surface area (Å²) in [5.41, 5.74) is 0.244. The Morgan fingerprint density at radius 2 is 2.06 bits per heavy atom. The molecule has 0 fully saturated rings. The second-order valence-corrected chi connectivity index (χ2v) is 4.15. The standard InChI is InChI=1S/C11H12ClNO3S/c1-13(2)11(17)16-7-4-5-9(12)8(6-7)10(14)15-3/h4-6H,1-3H3. The maximum Gasteiger partial charge on any atom is 0.339 e. The summed E-state index contributed by atoms with van der Waals surface area (Å²) in [6.45, 7) is 0. The molecule has 0 spiro atoms. The van der Waals surface area contributed by atoms with E-state index in [1.54, 1.807) is 31.1 Å². The number of hydrogen-bond acceptors (Lipinski definition) is 4. The predicted molar refractivity (Wildman–Crippen MR) is 69.7 cm³/mol. The lowest BCUT2D eigenvalue weighted by Gasteiger charge is -2.14. The van der Waals surface area contributed by atoms with Crippen LogP contribution in [0.15, 0.2) is 18.2 Å². The maximum atomic E-state index is 11.4. The van der Waals surface area contributed by atoms with E-state index in [-0.39, 0.29) is 5.56 Å². The molecule has 0 saturated heterocycles. The zero-order valence-corrected chi connectivity index (χ0v) is 11.3. The molecule has 1 aromatic rings. The van der Waals surface area contributed by atoms with Crippen LogP contribution in [0, 0.1) is 0 Å². The van der Waals surface area contributed by atoms with Crippen LogP contribution in [0.5, 0.6) is 5.75 Å². The molecular formula is C11H12ClNO3S. The van der Waals surface area contributed by atoms with E-state index in [0.717, 1.165) is 0 Å². The Hall–Kier alpha value is -1.33. The molecule has 0 aromatic heterocycles. The summed E-state index contributed by atoms with van der Waals surface area (Å²) >= 11 is 10.9. The van der Waals surface area contributed by atoms with Gasteiger partial charge >= 0.3 is 5.97 Å². The van der Waals surface area contributed by atoms with E-state index >= 15 is 0 Å². The van der Waals surface area contributed by atoms with Crippen LogP contribution < -0.4 is 4.74 Å². The molecule has 0 amide bonds. The molecular weight excluding hydrogens is 262 g/mol. The quantitative estimate of drug-likeness (QED) is 0.611. The summed E-state index contributed by atoms with van der Waals surface area (Å²) in [4.78, 5) is 13.0. The monoisotopic (exact) mass is 273 g/mol. The van der Waals surface area contributed by atoms with Crippen LogP contribution in [0.2, 0.25) is 5.02 Å². The van der Waals surface area contributed by atoms with Gasteiger partial charge in [0.2, 0.25) is 0 Å². The summed E-state index contributed by atoms with van der Waals surface area (Å²) in [6.07, 6.45) is 0. The maximum absolute atomic E-state index is 11.4. The largest absolute Gasteiger partial charge is 0.465 e. The van der Waals surface area contributed by atoms with Crippen LogP contribution >= 0.6 is 23.8 Å². The van der Waals surface area contributed by atoms with Crippen molar-refractivity contribution in [1.29, 1.82) is 0 Å². The molecule has 4 nitrogen and oxygen atoms in total. The molecule has 0 bridgehead atoms. The normalized spacial score (nSPS) is 9.65. The molecule has 0 aliphatic carbocycles. The highest BCUT2D eigenvalue weighted by Crippen LogP contribution is 2.23. The van der Waals surface area contributed by atoms with Gasteiger partial charge in [0.05, 0.1) is 17.7 Å². The Labute approximate surface area is 110 Å². The average Bonchev–Trinajstić information content (AvgIpc) is 2.30. The van der Waals surface area contributed by atoms with E-state index in [2.05, 4.69) is 4.74 Å². The van der Waals surface area contributed by atoms with Crippen LogP contribution in [0.4, 0.5) is 0 Å². The van der Waals surface area contributed by atoms with Crippen LogP contribution in [-0.2, 0) is 4.74 Å². The number of benzene rings is 1. The van der Waals surface area contributed by atoms with Crippen molar-refractivity contribution in [2.24, 2.45) is 0 Å². The molecule has 0 aliphatic rings. The van der Waals surface area contributed by atoms with Crippen molar-refractivity contribution < 1.29 is 14.3 Å². The van der Waals surface area contributed by atoms with Crippen LogP contribution in [0.3, 0.4) is 0 Å². The number of halogens is 1. The molecule has 0 saturated carbocycles. The van der Waals surface area contributed by atoms with Crippen molar-refractivity contribution in [1.82, 2.24) is 4.90 Å². The van der Waals surface area contributed by atoms with Crippen molar-refractivity contribution >= 4 is 35.0 Å². The second kappa shape index (κ2) is 5.84. The van der Waals surface area contributed by atoms with Crippen molar-refractivity contribution in [3.8, 4) is 5.75 Å². The van der Waals surface area contributed by atoms with Crippen LogP contribution in [0.25, 0.3) is 0 Å². The number of hydrogen-bond donors (Lipinski definition) is 0. The summed E-state index contributed by atoms with van der Waals surface area (Å²) in [5, 5.41) is 0.600. The molecule has 0 radical (unpaired) electrons. The first-order chi connectivity index (χ1) is 7.95. The van der Waals surface area contributed by atoms with E-state index in [1.165, 1.54) is 13.2 Å². The van der Waals surface area contributed by atoms with Gasteiger partial charge in [-0.1, -0.05) is 11.6 Å². The van der Waals surface area contributed by atoms with Gasteiger partial charge in [0, 0.05) is 14.1 Å². The van der Waals surface area contributed by atoms with Gasteiger partial charge in [0.1, 0.15) is 5.75 Å². The van der Waals surface area contributed by atoms with Crippen molar-refractivity contribution in [2.75, 3.05) is 21.2 Å². The number of rotatable bonds is 2.